The fourth-order valence-corrected chi connectivity index (χ4v) is 1.15. The molecule has 0 spiro atoms. The Kier molecular flexibility index (Phi) is 7.54. The van der Waals surface area contributed by atoms with Crippen LogP contribution in [0.5, 0.6) is 0 Å². The van der Waals surface area contributed by atoms with Crippen LogP contribution in [0.3, 0.4) is 0 Å². The summed E-state index contributed by atoms with van der Waals surface area (Å²) in [5.74, 6) is -0.176. The quantitative estimate of drug-likeness (QED) is 0.644. The first-order valence-electron chi connectivity index (χ1n) is 5.76. The van der Waals surface area contributed by atoms with Crippen LogP contribution in [-0.2, 0) is 9.59 Å². The van der Waals surface area contributed by atoms with Crippen molar-refractivity contribution in [1.29, 1.82) is 0 Å². The van der Waals surface area contributed by atoms with E-state index < -0.39 is 0 Å². The van der Waals surface area contributed by atoms with Gasteiger partial charge in [-0.15, -0.1) is 0 Å². The van der Waals surface area contributed by atoms with E-state index in [4.69, 9.17) is 0 Å². The van der Waals surface area contributed by atoms with E-state index in [1.807, 2.05) is 13.8 Å². The number of carbonyl (C=O) groups is 2. The van der Waals surface area contributed by atoms with E-state index in [0.717, 1.165) is 6.42 Å². The summed E-state index contributed by atoms with van der Waals surface area (Å²) < 4.78 is 0. The smallest absolute Gasteiger partial charge is 0.239 e. The molecule has 0 saturated heterocycles. The first-order chi connectivity index (χ1) is 7.54. The fraction of sp³-hybridized carbons (Fsp3) is 0.818. The van der Waals surface area contributed by atoms with E-state index in [2.05, 4.69) is 17.6 Å². The molecule has 0 saturated carbocycles. The standard InChI is InChI=1S/C11H23N3O2/c1-5-9(3)13-7-11(16)14(6-2)8-10(15)12-4/h9,13H,5-8H2,1-4H3,(H,12,15). The average Bonchev–Trinajstić information content (AvgIpc) is 2.31. The van der Waals surface area contributed by atoms with Crippen LogP contribution in [-0.4, -0.2) is 49.4 Å². The zero-order valence-electron chi connectivity index (χ0n) is 10.7. The summed E-state index contributed by atoms with van der Waals surface area (Å²) >= 11 is 0. The molecule has 0 bridgehead atoms. The minimum Gasteiger partial charge on any atom is -0.358 e. The highest BCUT2D eigenvalue weighted by molar-refractivity contribution is 5.85. The van der Waals surface area contributed by atoms with Gasteiger partial charge >= 0.3 is 0 Å². The number of rotatable bonds is 7. The van der Waals surface area contributed by atoms with Gasteiger partial charge in [-0.3, -0.25) is 9.59 Å². The molecule has 0 fully saturated rings. The van der Waals surface area contributed by atoms with Crippen molar-refractivity contribution in [1.82, 2.24) is 15.5 Å². The summed E-state index contributed by atoms with van der Waals surface area (Å²) in [6.07, 6.45) is 0.981. The predicted molar refractivity (Wildman–Crippen MR) is 64.1 cm³/mol. The topological polar surface area (TPSA) is 61.4 Å². The molecule has 94 valence electrons. The number of nitrogens with zero attached hydrogens (tertiary/aromatic N) is 1. The van der Waals surface area contributed by atoms with Gasteiger partial charge in [0.1, 0.15) is 0 Å². The molecular formula is C11H23N3O2. The van der Waals surface area contributed by atoms with Crippen molar-refractivity contribution in [2.45, 2.75) is 33.2 Å². The first-order valence-corrected chi connectivity index (χ1v) is 5.76. The van der Waals surface area contributed by atoms with Crippen molar-refractivity contribution in [2.75, 3.05) is 26.7 Å². The lowest BCUT2D eigenvalue weighted by Gasteiger charge is -2.21. The Hall–Kier alpha value is -1.10. The molecule has 0 aromatic heterocycles. The van der Waals surface area contributed by atoms with Crippen LogP contribution in [0.4, 0.5) is 0 Å². The van der Waals surface area contributed by atoms with Crippen molar-refractivity contribution < 1.29 is 9.59 Å². The van der Waals surface area contributed by atoms with Gasteiger partial charge in [-0.05, 0) is 20.3 Å². The van der Waals surface area contributed by atoms with Crippen molar-refractivity contribution in [2.24, 2.45) is 0 Å². The number of likely N-dealkylation sites (N-methyl/N-ethyl adjacent to an activating group) is 2. The molecule has 5 nitrogen and oxygen atoms in total. The average molecular weight is 229 g/mol. The van der Waals surface area contributed by atoms with Gasteiger partial charge in [0.15, 0.2) is 0 Å². The monoisotopic (exact) mass is 229 g/mol. The zero-order valence-corrected chi connectivity index (χ0v) is 10.7. The maximum Gasteiger partial charge on any atom is 0.239 e. The van der Waals surface area contributed by atoms with E-state index in [0.29, 0.717) is 19.1 Å². The van der Waals surface area contributed by atoms with Crippen LogP contribution in [0.1, 0.15) is 27.2 Å². The van der Waals surface area contributed by atoms with Gasteiger partial charge in [0.25, 0.3) is 0 Å². The molecular weight excluding hydrogens is 206 g/mol. The molecule has 16 heavy (non-hydrogen) atoms. The van der Waals surface area contributed by atoms with E-state index in [9.17, 15) is 9.59 Å². The third-order valence-corrected chi connectivity index (χ3v) is 2.56. The van der Waals surface area contributed by atoms with E-state index in [1.165, 1.54) is 4.90 Å². The maximum absolute atomic E-state index is 11.7. The fourth-order valence-electron chi connectivity index (χ4n) is 1.15. The van der Waals surface area contributed by atoms with E-state index in [1.54, 1.807) is 7.05 Å². The number of carbonyl (C=O) groups excluding carboxylic acids is 2. The summed E-state index contributed by atoms with van der Waals surface area (Å²) in [7, 11) is 1.57. The molecule has 0 aromatic rings. The van der Waals surface area contributed by atoms with Crippen molar-refractivity contribution >= 4 is 11.8 Å². The third-order valence-electron chi connectivity index (χ3n) is 2.56. The van der Waals surface area contributed by atoms with Gasteiger partial charge in [-0.25, -0.2) is 0 Å². The normalized spacial score (nSPS) is 12.0. The van der Waals surface area contributed by atoms with Crippen molar-refractivity contribution in [3.8, 4) is 0 Å². The van der Waals surface area contributed by atoms with Crippen LogP contribution in [0, 0.1) is 0 Å². The maximum atomic E-state index is 11.7. The highest BCUT2D eigenvalue weighted by atomic mass is 16.2. The van der Waals surface area contributed by atoms with Crippen LogP contribution in [0.25, 0.3) is 0 Å². The molecule has 2 N–H and O–H groups in total. The van der Waals surface area contributed by atoms with Crippen LogP contribution in [0.15, 0.2) is 0 Å². The minimum atomic E-state index is -0.140. The zero-order chi connectivity index (χ0) is 12.6. The Morgan fingerprint density at radius 2 is 1.94 bits per heavy atom. The Labute approximate surface area is 97.6 Å². The Morgan fingerprint density at radius 1 is 1.31 bits per heavy atom. The van der Waals surface area contributed by atoms with Gasteiger partial charge in [0.2, 0.25) is 11.8 Å². The molecule has 0 aliphatic carbocycles. The Bertz CT molecular complexity index is 231. The molecule has 0 aromatic carbocycles. The Morgan fingerprint density at radius 3 is 2.38 bits per heavy atom. The molecule has 2 amide bonds. The van der Waals surface area contributed by atoms with Crippen molar-refractivity contribution in [3.05, 3.63) is 0 Å². The summed E-state index contributed by atoms with van der Waals surface area (Å²) in [6, 6.07) is 0.322. The van der Waals surface area contributed by atoms with Gasteiger partial charge in [-0.1, -0.05) is 6.92 Å². The van der Waals surface area contributed by atoms with Crippen molar-refractivity contribution in [3.63, 3.8) is 0 Å². The van der Waals surface area contributed by atoms with E-state index in [-0.39, 0.29) is 18.4 Å². The van der Waals surface area contributed by atoms with Gasteiger partial charge in [-0.2, -0.15) is 0 Å². The number of amides is 2. The predicted octanol–water partition coefficient (Wildman–Crippen LogP) is -0.0310. The molecule has 0 radical (unpaired) electrons. The van der Waals surface area contributed by atoms with Crippen LogP contribution >= 0.6 is 0 Å². The molecule has 0 heterocycles. The summed E-state index contributed by atoms with van der Waals surface area (Å²) in [5.41, 5.74) is 0. The second-order valence-electron chi connectivity index (χ2n) is 3.77. The lowest BCUT2D eigenvalue weighted by atomic mass is 10.2. The van der Waals surface area contributed by atoms with Gasteiger partial charge in [0, 0.05) is 19.6 Å². The highest BCUT2D eigenvalue weighted by Gasteiger charge is 2.14. The lowest BCUT2D eigenvalue weighted by Crippen LogP contribution is -2.44. The minimum absolute atomic E-state index is 0.0357. The van der Waals surface area contributed by atoms with Gasteiger partial charge in [0.05, 0.1) is 13.1 Å². The van der Waals surface area contributed by atoms with E-state index >= 15 is 0 Å². The lowest BCUT2D eigenvalue weighted by molar-refractivity contribution is -0.135. The molecule has 1 unspecified atom stereocenters. The molecule has 0 rings (SSSR count). The SMILES string of the molecule is CCC(C)NCC(=O)N(CC)CC(=O)NC. The van der Waals surface area contributed by atoms with Crippen LogP contribution in [0.2, 0.25) is 0 Å². The van der Waals surface area contributed by atoms with Gasteiger partial charge < -0.3 is 15.5 Å². The van der Waals surface area contributed by atoms with Crippen LogP contribution < -0.4 is 10.6 Å². The first kappa shape index (κ1) is 14.9. The second kappa shape index (κ2) is 8.10. The number of hydrogen-bond acceptors (Lipinski definition) is 3. The second-order valence-corrected chi connectivity index (χ2v) is 3.77. The summed E-state index contributed by atoms with van der Waals surface area (Å²) in [4.78, 5) is 24.4. The summed E-state index contributed by atoms with van der Waals surface area (Å²) in [5, 5.41) is 5.62. The number of nitrogens with one attached hydrogen (secondary N) is 2. The molecule has 5 heteroatoms. The third kappa shape index (κ3) is 5.70. The molecule has 1 atom stereocenters. The Balaban J connectivity index is 4.05. The largest absolute Gasteiger partial charge is 0.358 e. The highest BCUT2D eigenvalue weighted by Crippen LogP contribution is 1.91. The number of hydrogen-bond donors (Lipinski definition) is 2. The molecule has 0 aliphatic rings. The molecule has 0 aliphatic heterocycles. The summed E-state index contributed by atoms with van der Waals surface area (Å²) in [6.45, 7) is 6.93.